The lowest BCUT2D eigenvalue weighted by atomic mass is 9.97. The third-order valence-corrected chi connectivity index (χ3v) is 4.47. The molecule has 6 heteroatoms. The van der Waals surface area contributed by atoms with Crippen molar-refractivity contribution in [3.8, 4) is 0 Å². The minimum absolute atomic E-state index is 0.139. The average molecular weight is 342 g/mol. The molecule has 2 aromatic rings. The van der Waals surface area contributed by atoms with Crippen LogP contribution in [0.15, 0.2) is 47.1 Å². The molecule has 3 N–H and O–H groups in total. The molecule has 1 aliphatic rings. The van der Waals surface area contributed by atoms with Crippen LogP contribution in [0.3, 0.4) is 0 Å². The zero-order valence-corrected chi connectivity index (χ0v) is 14.0. The van der Waals surface area contributed by atoms with Gasteiger partial charge in [0.1, 0.15) is 0 Å². The molecule has 0 aliphatic heterocycles. The van der Waals surface area contributed by atoms with Crippen molar-refractivity contribution in [2.24, 2.45) is 0 Å². The molecule has 1 saturated carbocycles. The molecular formula is C19H22N2O4. The fraction of sp³-hybridized carbons (Fsp3) is 0.368. The molecule has 25 heavy (non-hydrogen) atoms. The Bertz CT molecular complexity index is 716. The molecule has 0 bridgehead atoms. The van der Waals surface area contributed by atoms with Crippen LogP contribution < -0.4 is 10.6 Å². The number of hydrogen-bond donors (Lipinski definition) is 3. The Morgan fingerprint density at radius 1 is 1.12 bits per heavy atom. The highest BCUT2D eigenvalue weighted by atomic mass is 16.3. The van der Waals surface area contributed by atoms with E-state index in [9.17, 15) is 14.7 Å². The summed E-state index contributed by atoms with van der Waals surface area (Å²) in [6.07, 6.45) is 4.96. The zero-order valence-electron chi connectivity index (χ0n) is 14.0. The third kappa shape index (κ3) is 4.70. The van der Waals surface area contributed by atoms with Crippen molar-refractivity contribution in [3.63, 3.8) is 0 Å². The van der Waals surface area contributed by atoms with Crippen LogP contribution in [-0.4, -0.2) is 22.5 Å². The maximum absolute atomic E-state index is 12.0. The monoisotopic (exact) mass is 342 g/mol. The first kappa shape index (κ1) is 17.2. The highest BCUT2D eigenvalue weighted by Crippen LogP contribution is 2.32. The van der Waals surface area contributed by atoms with E-state index in [1.54, 1.807) is 24.3 Å². The van der Waals surface area contributed by atoms with Gasteiger partial charge in [-0.3, -0.25) is 9.59 Å². The predicted octanol–water partition coefficient (Wildman–Crippen LogP) is 2.84. The van der Waals surface area contributed by atoms with Crippen molar-refractivity contribution < 1.29 is 19.1 Å². The molecule has 0 spiro atoms. The summed E-state index contributed by atoms with van der Waals surface area (Å²) in [7, 11) is 0. The number of carbonyl (C=O) groups is 2. The topological polar surface area (TPSA) is 91.6 Å². The molecule has 132 valence electrons. The van der Waals surface area contributed by atoms with Gasteiger partial charge in [-0.05, 0) is 42.7 Å². The van der Waals surface area contributed by atoms with Crippen molar-refractivity contribution in [1.29, 1.82) is 0 Å². The summed E-state index contributed by atoms with van der Waals surface area (Å²) in [6, 6.07) is 10.5. The van der Waals surface area contributed by atoms with E-state index in [-0.39, 0.29) is 24.0 Å². The summed E-state index contributed by atoms with van der Waals surface area (Å²) in [5.74, 6) is -0.198. The van der Waals surface area contributed by atoms with Crippen LogP contribution >= 0.6 is 0 Å². The standard InChI is InChI=1S/C19H22N2O4/c22-17(12-19(24)9-1-2-10-19)20-13-14-5-7-15(8-6-14)21-18(23)16-4-3-11-25-16/h3-8,11,24H,1-2,9-10,12-13H2,(H,20,22)(H,21,23). The van der Waals surface area contributed by atoms with E-state index in [1.807, 2.05) is 12.1 Å². The third-order valence-electron chi connectivity index (χ3n) is 4.47. The van der Waals surface area contributed by atoms with Crippen molar-refractivity contribution in [3.05, 3.63) is 54.0 Å². The quantitative estimate of drug-likeness (QED) is 0.753. The number of anilines is 1. The minimum Gasteiger partial charge on any atom is -0.459 e. The summed E-state index contributed by atoms with van der Waals surface area (Å²) < 4.78 is 5.04. The van der Waals surface area contributed by atoms with Crippen molar-refractivity contribution in [1.82, 2.24) is 5.32 Å². The largest absolute Gasteiger partial charge is 0.459 e. The lowest BCUT2D eigenvalue weighted by Gasteiger charge is -2.21. The Kier molecular flexibility index (Phi) is 5.19. The van der Waals surface area contributed by atoms with Gasteiger partial charge in [-0.2, -0.15) is 0 Å². The Labute approximate surface area is 146 Å². The van der Waals surface area contributed by atoms with Crippen LogP contribution in [-0.2, 0) is 11.3 Å². The summed E-state index contributed by atoms with van der Waals surface area (Å²) >= 11 is 0. The highest BCUT2D eigenvalue weighted by Gasteiger charge is 2.33. The SMILES string of the molecule is O=C(CC1(O)CCCC1)NCc1ccc(NC(=O)c2ccco2)cc1. The smallest absolute Gasteiger partial charge is 0.291 e. The van der Waals surface area contributed by atoms with Crippen molar-refractivity contribution in [2.45, 2.75) is 44.2 Å². The first-order valence-electron chi connectivity index (χ1n) is 8.47. The van der Waals surface area contributed by atoms with E-state index in [1.165, 1.54) is 6.26 Å². The van der Waals surface area contributed by atoms with Gasteiger partial charge in [0.15, 0.2) is 5.76 Å². The van der Waals surface area contributed by atoms with Crippen LogP contribution in [0.4, 0.5) is 5.69 Å². The minimum atomic E-state index is -0.829. The summed E-state index contributed by atoms with van der Waals surface area (Å²) in [5.41, 5.74) is 0.740. The lowest BCUT2D eigenvalue weighted by Crippen LogP contribution is -2.34. The number of nitrogens with one attached hydrogen (secondary N) is 2. The second kappa shape index (κ2) is 7.53. The van der Waals surface area contributed by atoms with E-state index in [4.69, 9.17) is 4.42 Å². The zero-order chi connectivity index (χ0) is 17.7. The van der Waals surface area contributed by atoms with E-state index >= 15 is 0 Å². The van der Waals surface area contributed by atoms with Crippen LogP contribution in [0.25, 0.3) is 0 Å². The Morgan fingerprint density at radius 2 is 1.84 bits per heavy atom. The first-order chi connectivity index (χ1) is 12.0. The predicted molar refractivity (Wildman–Crippen MR) is 93.0 cm³/mol. The molecule has 3 rings (SSSR count). The van der Waals surface area contributed by atoms with E-state index < -0.39 is 5.60 Å². The van der Waals surface area contributed by atoms with Gasteiger partial charge in [-0.25, -0.2) is 0 Å². The number of amides is 2. The first-order valence-corrected chi connectivity index (χ1v) is 8.47. The number of benzene rings is 1. The van der Waals surface area contributed by atoms with E-state index in [0.717, 1.165) is 18.4 Å². The van der Waals surface area contributed by atoms with Crippen LogP contribution in [0.5, 0.6) is 0 Å². The highest BCUT2D eigenvalue weighted by molar-refractivity contribution is 6.02. The molecule has 1 heterocycles. The van der Waals surface area contributed by atoms with Gasteiger partial charge >= 0.3 is 0 Å². The number of hydrogen-bond acceptors (Lipinski definition) is 4. The molecule has 1 aromatic carbocycles. The molecular weight excluding hydrogens is 320 g/mol. The fourth-order valence-electron chi connectivity index (χ4n) is 3.08. The second-order valence-electron chi connectivity index (χ2n) is 6.51. The Morgan fingerprint density at radius 3 is 2.48 bits per heavy atom. The average Bonchev–Trinajstić information content (AvgIpc) is 3.26. The van der Waals surface area contributed by atoms with Gasteiger partial charge in [0.2, 0.25) is 5.91 Å². The van der Waals surface area contributed by atoms with Crippen LogP contribution in [0.1, 0.15) is 48.2 Å². The molecule has 0 unspecified atom stereocenters. The second-order valence-corrected chi connectivity index (χ2v) is 6.51. The van der Waals surface area contributed by atoms with Gasteiger partial charge in [-0.1, -0.05) is 25.0 Å². The summed E-state index contributed by atoms with van der Waals surface area (Å²) in [4.78, 5) is 23.9. The van der Waals surface area contributed by atoms with Gasteiger partial charge < -0.3 is 20.2 Å². The Hall–Kier alpha value is -2.60. The lowest BCUT2D eigenvalue weighted by molar-refractivity contribution is -0.126. The van der Waals surface area contributed by atoms with Gasteiger partial charge in [0.25, 0.3) is 5.91 Å². The number of aliphatic hydroxyl groups is 1. The Balaban J connectivity index is 1.47. The fourth-order valence-corrected chi connectivity index (χ4v) is 3.08. The summed E-state index contributed by atoms with van der Waals surface area (Å²) in [5, 5.41) is 15.8. The molecule has 1 aliphatic carbocycles. The normalized spacial score (nSPS) is 15.7. The molecule has 6 nitrogen and oxygen atoms in total. The van der Waals surface area contributed by atoms with Gasteiger partial charge in [0.05, 0.1) is 18.3 Å². The molecule has 0 saturated heterocycles. The molecule has 1 fully saturated rings. The molecule has 0 radical (unpaired) electrons. The maximum Gasteiger partial charge on any atom is 0.291 e. The van der Waals surface area contributed by atoms with E-state index in [0.29, 0.717) is 25.1 Å². The van der Waals surface area contributed by atoms with Gasteiger partial charge in [-0.15, -0.1) is 0 Å². The maximum atomic E-state index is 12.0. The number of rotatable bonds is 6. The van der Waals surface area contributed by atoms with Crippen molar-refractivity contribution in [2.75, 3.05) is 5.32 Å². The summed E-state index contributed by atoms with van der Waals surface area (Å²) in [6.45, 7) is 0.390. The number of furan rings is 1. The van der Waals surface area contributed by atoms with Gasteiger partial charge in [0, 0.05) is 12.2 Å². The number of carbonyl (C=O) groups excluding carboxylic acids is 2. The van der Waals surface area contributed by atoms with Crippen LogP contribution in [0.2, 0.25) is 0 Å². The molecule has 1 aromatic heterocycles. The van der Waals surface area contributed by atoms with Crippen molar-refractivity contribution >= 4 is 17.5 Å². The molecule has 0 atom stereocenters. The van der Waals surface area contributed by atoms with Crippen LogP contribution in [0, 0.1) is 0 Å². The van der Waals surface area contributed by atoms with E-state index in [2.05, 4.69) is 10.6 Å². The molecule has 2 amide bonds.